The minimum Gasteiger partial charge on any atom is -0.369 e. The summed E-state index contributed by atoms with van der Waals surface area (Å²) in [6.45, 7) is 8.72. The van der Waals surface area contributed by atoms with Gasteiger partial charge in [-0.15, -0.1) is 0 Å². The minimum atomic E-state index is -4.67. The maximum Gasteiger partial charge on any atom is 0.419 e. The number of piperazine rings is 1. The molecule has 1 saturated heterocycles. The Morgan fingerprint density at radius 2 is 1.71 bits per heavy atom. The van der Waals surface area contributed by atoms with E-state index < -0.39 is 27.3 Å². The smallest absolute Gasteiger partial charge is 0.369 e. The molecule has 1 aliphatic heterocycles. The van der Waals surface area contributed by atoms with Crippen molar-refractivity contribution in [2.24, 2.45) is 0 Å². The molecule has 0 spiro atoms. The molecule has 0 amide bonds. The van der Waals surface area contributed by atoms with Crippen LogP contribution in [0.3, 0.4) is 0 Å². The van der Waals surface area contributed by atoms with Crippen LogP contribution in [0.2, 0.25) is 0 Å². The number of nitrogens with zero attached hydrogens (tertiary/aromatic N) is 3. The third-order valence-corrected chi connectivity index (χ3v) is 7.56. The van der Waals surface area contributed by atoms with E-state index in [2.05, 4.69) is 30.2 Å². The van der Waals surface area contributed by atoms with Crippen LogP contribution in [0.25, 0.3) is 0 Å². The quantitative estimate of drug-likeness (QED) is 0.405. The van der Waals surface area contributed by atoms with Crippen LogP contribution in [-0.2, 0) is 22.6 Å². The monoisotopic (exact) mass is 548 g/mol. The van der Waals surface area contributed by atoms with Gasteiger partial charge in [0.1, 0.15) is 0 Å². The summed E-state index contributed by atoms with van der Waals surface area (Å²) in [5.41, 5.74) is 0.119. The van der Waals surface area contributed by atoms with Crippen LogP contribution in [0.1, 0.15) is 37.6 Å². The molecule has 4 rings (SSSR count). The zero-order valence-corrected chi connectivity index (χ0v) is 22.2. The average molecular weight is 549 g/mol. The van der Waals surface area contributed by atoms with Gasteiger partial charge >= 0.3 is 6.18 Å². The van der Waals surface area contributed by atoms with Gasteiger partial charge in [-0.3, -0.25) is 0 Å². The Labute approximate surface area is 220 Å². The molecule has 8 nitrogen and oxygen atoms in total. The first kappa shape index (κ1) is 27.8. The predicted octanol–water partition coefficient (Wildman–Crippen LogP) is 4.32. The highest BCUT2D eigenvalue weighted by Gasteiger charge is 2.35. The molecule has 12 heteroatoms. The molecule has 2 aromatic carbocycles. The van der Waals surface area contributed by atoms with E-state index in [0.717, 1.165) is 38.1 Å². The zero-order chi connectivity index (χ0) is 27.6. The molecule has 38 heavy (non-hydrogen) atoms. The molecule has 204 valence electrons. The van der Waals surface area contributed by atoms with Crippen LogP contribution in [-0.4, -0.2) is 50.1 Å². The normalized spacial score (nSPS) is 14.9. The van der Waals surface area contributed by atoms with Crippen LogP contribution in [0.5, 0.6) is 0 Å². The van der Waals surface area contributed by atoms with Crippen molar-refractivity contribution < 1.29 is 21.6 Å². The molecule has 2 heterocycles. The van der Waals surface area contributed by atoms with Crippen molar-refractivity contribution in [3.8, 4) is 0 Å². The highest BCUT2D eigenvalue weighted by Crippen LogP contribution is 2.33. The van der Waals surface area contributed by atoms with E-state index >= 15 is 0 Å². The van der Waals surface area contributed by atoms with E-state index in [0.29, 0.717) is 11.3 Å². The lowest BCUT2D eigenvalue weighted by Gasteiger charge is -2.29. The van der Waals surface area contributed by atoms with Gasteiger partial charge in [0.05, 0.1) is 16.2 Å². The fourth-order valence-corrected chi connectivity index (χ4v) is 5.62. The van der Waals surface area contributed by atoms with Crippen LogP contribution < -0.4 is 20.3 Å². The Morgan fingerprint density at radius 1 is 1.03 bits per heavy atom. The number of aromatic nitrogens is 2. The molecule has 0 radical (unpaired) electrons. The van der Waals surface area contributed by atoms with Crippen molar-refractivity contribution in [3.63, 3.8) is 0 Å². The summed E-state index contributed by atoms with van der Waals surface area (Å²) in [5.74, 6) is 0.0149. The SMILES string of the molecule is CC(C)(C)NS(=O)(=O)c1cccc(Cc2nc(Nc3ccc(N4CCNCC4)cc3)ncc2C(F)(F)F)c1. The van der Waals surface area contributed by atoms with Gasteiger partial charge in [0.15, 0.2) is 0 Å². The van der Waals surface area contributed by atoms with Gasteiger partial charge in [-0.05, 0) is 62.7 Å². The maximum absolute atomic E-state index is 13.8. The van der Waals surface area contributed by atoms with Gasteiger partial charge in [0.2, 0.25) is 16.0 Å². The fraction of sp³-hybridized carbons (Fsp3) is 0.385. The van der Waals surface area contributed by atoms with Gasteiger partial charge in [-0.25, -0.2) is 23.1 Å². The summed E-state index contributed by atoms with van der Waals surface area (Å²) in [4.78, 5) is 10.3. The summed E-state index contributed by atoms with van der Waals surface area (Å²) < 4.78 is 69.3. The number of halogens is 3. The van der Waals surface area contributed by atoms with Crippen molar-refractivity contribution >= 4 is 27.3 Å². The van der Waals surface area contributed by atoms with Gasteiger partial charge in [-0.2, -0.15) is 13.2 Å². The zero-order valence-electron chi connectivity index (χ0n) is 21.4. The van der Waals surface area contributed by atoms with Crippen molar-refractivity contribution in [2.45, 2.75) is 43.8 Å². The number of rotatable bonds is 7. The van der Waals surface area contributed by atoms with Crippen LogP contribution in [0, 0.1) is 0 Å². The Balaban J connectivity index is 1.58. The van der Waals surface area contributed by atoms with E-state index in [1.807, 2.05) is 24.3 Å². The highest BCUT2D eigenvalue weighted by molar-refractivity contribution is 7.89. The highest BCUT2D eigenvalue weighted by atomic mass is 32.2. The second-order valence-corrected chi connectivity index (χ2v) is 11.8. The lowest BCUT2D eigenvalue weighted by atomic mass is 10.1. The second kappa shape index (κ2) is 10.9. The summed E-state index contributed by atoms with van der Waals surface area (Å²) in [6.07, 6.45) is -4.15. The van der Waals surface area contributed by atoms with Crippen LogP contribution in [0.15, 0.2) is 59.6 Å². The topological polar surface area (TPSA) is 99.2 Å². The molecule has 0 atom stereocenters. The first-order valence-electron chi connectivity index (χ1n) is 12.2. The second-order valence-electron chi connectivity index (χ2n) is 10.1. The van der Waals surface area contributed by atoms with Crippen LogP contribution >= 0.6 is 0 Å². The third kappa shape index (κ3) is 7.21. The molecule has 0 unspecified atom stereocenters. The number of benzene rings is 2. The molecule has 3 N–H and O–H groups in total. The van der Waals surface area contributed by atoms with Gasteiger partial charge in [-0.1, -0.05) is 12.1 Å². The number of hydrogen-bond acceptors (Lipinski definition) is 7. The number of hydrogen-bond donors (Lipinski definition) is 3. The minimum absolute atomic E-state index is 0.0149. The first-order chi connectivity index (χ1) is 17.8. The number of sulfonamides is 1. The molecule has 0 saturated carbocycles. The fourth-order valence-electron chi connectivity index (χ4n) is 4.13. The third-order valence-electron chi connectivity index (χ3n) is 5.80. The van der Waals surface area contributed by atoms with Crippen molar-refractivity contribution in [1.29, 1.82) is 0 Å². The predicted molar refractivity (Wildman–Crippen MR) is 141 cm³/mol. The average Bonchev–Trinajstić information content (AvgIpc) is 2.83. The van der Waals surface area contributed by atoms with Gasteiger partial charge in [0, 0.05) is 55.7 Å². The van der Waals surface area contributed by atoms with E-state index in [4.69, 9.17) is 0 Å². The lowest BCUT2D eigenvalue weighted by Crippen LogP contribution is -2.43. The summed E-state index contributed by atoms with van der Waals surface area (Å²) >= 11 is 0. The molecular formula is C26H31F3N6O2S. The first-order valence-corrected chi connectivity index (χ1v) is 13.7. The van der Waals surface area contributed by atoms with E-state index in [1.54, 1.807) is 26.8 Å². The number of anilines is 3. The molecule has 0 aliphatic carbocycles. The molecule has 1 aromatic heterocycles. The van der Waals surface area contributed by atoms with Gasteiger partial charge < -0.3 is 15.5 Å². The Morgan fingerprint density at radius 3 is 2.34 bits per heavy atom. The molecule has 0 bridgehead atoms. The summed E-state index contributed by atoms with van der Waals surface area (Å²) in [5, 5.41) is 6.28. The van der Waals surface area contributed by atoms with Crippen molar-refractivity contribution in [1.82, 2.24) is 20.0 Å². The Hall–Kier alpha value is -3.22. The lowest BCUT2D eigenvalue weighted by molar-refractivity contribution is -0.138. The molecular weight excluding hydrogens is 517 g/mol. The Bertz CT molecular complexity index is 1370. The van der Waals surface area contributed by atoms with Crippen molar-refractivity contribution in [2.75, 3.05) is 36.4 Å². The number of nitrogens with one attached hydrogen (secondary N) is 3. The summed E-state index contributed by atoms with van der Waals surface area (Å²) in [6, 6.07) is 13.4. The number of alkyl halides is 3. The molecule has 1 aliphatic rings. The summed E-state index contributed by atoms with van der Waals surface area (Å²) in [7, 11) is -3.86. The largest absolute Gasteiger partial charge is 0.419 e. The van der Waals surface area contributed by atoms with E-state index in [9.17, 15) is 21.6 Å². The van der Waals surface area contributed by atoms with Crippen molar-refractivity contribution in [3.05, 3.63) is 71.5 Å². The molecule has 1 fully saturated rings. The maximum atomic E-state index is 13.8. The van der Waals surface area contributed by atoms with E-state index in [1.165, 1.54) is 18.2 Å². The standard InChI is InChI=1S/C26H31F3N6O2S/c1-25(2,3)34-38(36,37)21-6-4-5-18(15-21)16-23-22(26(27,28)29)17-31-24(33-23)32-19-7-9-20(10-8-19)35-13-11-30-12-14-35/h4-10,15,17,30,34H,11-14,16H2,1-3H3,(H,31,32,33). The van der Waals surface area contributed by atoms with Gasteiger partial charge in [0.25, 0.3) is 0 Å². The Kier molecular flexibility index (Phi) is 7.96. The van der Waals surface area contributed by atoms with E-state index in [-0.39, 0.29) is 23.0 Å². The molecule has 3 aromatic rings. The van der Waals surface area contributed by atoms with Crippen LogP contribution in [0.4, 0.5) is 30.5 Å².